The van der Waals surface area contributed by atoms with Gasteiger partial charge in [-0.25, -0.2) is 9.37 Å². The highest BCUT2D eigenvalue weighted by Crippen LogP contribution is 2.39. The molecule has 0 atom stereocenters. The predicted molar refractivity (Wildman–Crippen MR) is 104 cm³/mol. The molecule has 140 valence electrons. The van der Waals surface area contributed by atoms with Gasteiger partial charge in [-0.15, -0.1) is 11.3 Å². The Bertz CT molecular complexity index is 966. The minimum atomic E-state index is -0.152. The molecule has 1 aliphatic heterocycles. The summed E-state index contributed by atoms with van der Waals surface area (Å²) in [6, 6.07) is 6.94. The summed E-state index contributed by atoms with van der Waals surface area (Å²) in [6.45, 7) is 2.35. The Morgan fingerprint density at radius 1 is 1.26 bits per heavy atom. The number of nitrogens with zero attached hydrogens (tertiary/aromatic N) is 3. The second-order valence-electron chi connectivity index (χ2n) is 6.78. The minimum Gasteiger partial charge on any atom is -0.354 e. The lowest BCUT2D eigenvalue weighted by molar-refractivity contribution is 0.0965. The lowest BCUT2D eigenvalue weighted by atomic mass is 9.88. The number of nitrogens with one attached hydrogen (secondary N) is 1. The molecule has 0 saturated carbocycles. The van der Waals surface area contributed by atoms with E-state index in [1.54, 1.807) is 25.5 Å². The van der Waals surface area contributed by atoms with E-state index in [1.165, 1.54) is 17.4 Å². The van der Waals surface area contributed by atoms with Crippen molar-refractivity contribution in [2.24, 2.45) is 0 Å². The van der Waals surface area contributed by atoms with E-state index < -0.39 is 0 Å². The summed E-state index contributed by atoms with van der Waals surface area (Å²) in [4.78, 5) is 25.0. The molecule has 5 nitrogen and oxygen atoms in total. The summed E-state index contributed by atoms with van der Waals surface area (Å²) in [6.07, 6.45) is 5.18. The fourth-order valence-electron chi connectivity index (χ4n) is 3.75. The Labute approximate surface area is 161 Å². The van der Waals surface area contributed by atoms with Crippen LogP contribution in [0.5, 0.6) is 0 Å². The van der Waals surface area contributed by atoms with Gasteiger partial charge in [-0.3, -0.25) is 14.7 Å². The maximum atomic E-state index is 13.9. The van der Waals surface area contributed by atoms with Crippen LogP contribution < -0.4 is 5.32 Å². The molecule has 0 unspecified atom stereocenters. The van der Waals surface area contributed by atoms with Gasteiger partial charge in [0.05, 0.1) is 4.88 Å². The van der Waals surface area contributed by atoms with Crippen molar-refractivity contribution in [2.75, 3.05) is 20.1 Å². The first-order valence-corrected chi connectivity index (χ1v) is 9.90. The van der Waals surface area contributed by atoms with E-state index in [0.29, 0.717) is 11.4 Å². The van der Waals surface area contributed by atoms with E-state index in [0.717, 1.165) is 47.4 Å². The van der Waals surface area contributed by atoms with Crippen molar-refractivity contribution in [1.82, 2.24) is 20.2 Å². The highest BCUT2D eigenvalue weighted by molar-refractivity contribution is 7.20. The van der Waals surface area contributed by atoms with Gasteiger partial charge in [-0.2, -0.15) is 0 Å². The van der Waals surface area contributed by atoms with Crippen molar-refractivity contribution in [2.45, 2.75) is 25.3 Å². The summed E-state index contributed by atoms with van der Waals surface area (Å²) in [5.74, 6) is 0.0313. The number of aromatic nitrogens is 2. The fourth-order valence-corrected chi connectivity index (χ4v) is 4.89. The molecule has 1 N–H and O–H groups in total. The SMILES string of the molecule is CNC(=O)c1sc2nccnc2c1C1CCN(Cc2ccccc2F)CC1. The molecule has 7 heteroatoms. The lowest BCUT2D eigenvalue weighted by Crippen LogP contribution is -2.33. The highest BCUT2D eigenvalue weighted by Gasteiger charge is 2.29. The van der Waals surface area contributed by atoms with E-state index in [1.807, 2.05) is 12.1 Å². The summed E-state index contributed by atoms with van der Waals surface area (Å²) >= 11 is 1.41. The van der Waals surface area contributed by atoms with Crippen molar-refractivity contribution < 1.29 is 9.18 Å². The standard InChI is InChI=1S/C20H21FN4OS/c1-22-19(26)18-16(17-20(27-18)24-9-8-23-17)13-6-10-25(11-7-13)12-14-4-2-3-5-15(14)21/h2-5,8-9,13H,6-7,10-12H2,1H3,(H,22,26). The topological polar surface area (TPSA) is 58.1 Å². The molecule has 0 radical (unpaired) electrons. The van der Waals surface area contributed by atoms with Crippen LogP contribution in [0.15, 0.2) is 36.7 Å². The number of likely N-dealkylation sites (tertiary alicyclic amines) is 1. The molecule has 4 rings (SSSR count). The quantitative estimate of drug-likeness (QED) is 0.747. The number of hydrogen-bond acceptors (Lipinski definition) is 5. The molecule has 1 aromatic carbocycles. The molecule has 2 aromatic heterocycles. The van der Waals surface area contributed by atoms with Gasteiger partial charge in [0, 0.05) is 37.1 Å². The van der Waals surface area contributed by atoms with E-state index in [-0.39, 0.29) is 17.6 Å². The minimum absolute atomic E-state index is 0.0800. The van der Waals surface area contributed by atoms with Crippen LogP contribution in [-0.4, -0.2) is 40.9 Å². The Balaban J connectivity index is 1.54. The third kappa shape index (κ3) is 3.57. The van der Waals surface area contributed by atoms with Crippen molar-refractivity contribution in [3.05, 3.63) is 58.5 Å². The van der Waals surface area contributed by atoms with Gasteiger partial charge in [0.15, 0.2) is 0 Å². The van der Waals surface area contributed by atoms with Crippen LogP contribution in [0.2, 0.25) is 0 Å². The summed E-state index contributed by atoms with van der Waals surface area (Å²) < 4.78 is 13.9. The van der Waals surface area contributed by atoms with Crippen molar-refractivity contribution in [1.29, 1.82) is 0 Å². The van der Waals surface area contributed by atoms with Crippen LogP contribution >= 0.6 is 11.3 Å². The van der Waals surface area contributed by atoms with Crippen LogP contribution in [0.25, 0.3) is 10.3 Å². The van der Waals surface area contributed by atoms with Gasteiger partial charge in [-0.1, -0.05) is 18.2 Å². The zero-order chi connectivity index (χ0) is 18.8. The van der Waals surface area contributed by atoms with Crippen LogP contribution in [-0.2, 0) is 6.54 Å². The van der Waals surface area contributed by atoms with Crippen LogP contribution in [0.4, 0.5) is 4.39 Å². The van der Waals surface area contributed by atoms with Crippen LogP contribution in [0.3, 0.4) is 0 Å². The maximum absolute atomic E-state index is 13.9. The number of benzene rings is 1. The highest BCUT2D eigenvalue weighted by atomic mass is 32.1. The van der Waals surface area contributed by atoms with E-state index in [2.05, 4.69) is 20.2 Å². The molecule has 3 aromatic rings. The first kappa shape index (κ1) is 18.0. The Morgan fingerprint density at radius 2 is 2.00 bits per heavy atom. The molecule has 27 heavy (non-hydrogen) atoms. The number of piperidine rings is 1. The fraction of sp³-hybridized carbons (Fsp3) is 0.350. The normalized spacial score (nSPS) is 15.9. The summed E-state index contributed by atoms with van der Waals surface area (Å²) in [7, 11) is 1.65. The van der Waals surface area contributed by atoms with Gasteiger partial charge >= 0.3 is 0 Å². The Hall–Kier alpha value is -2.38. The van der Waals surface area contributed by atoms with Crippen molar-refractivity contribution >= 4 is 27.6 Å². The largest absolute Gasteiger partial charge is 0.354 e. The molecule has 1 aliphatic rings. The third-order valence-electron chi connectivity index (χ3n) is 5.14. The number of rotatable bonds is 4. The summed E-state index contributed by atoms with van der Waals surface area (Å²) in [5.41, 5.74) is 2.59. The Kier molecular flexibility index (Phi) is 5.13. The maximum Gasteiger partial charge on any atom is 0.261 e. The molecule has 1 amide bonds. The number of fused-ring (bicyclic) bond motifs is 1. The zero-order valence-electron chi connectivity index (χ0n) is 15.1. The monoisotopic (exact) mass is 384 g/mol. The third-order valence-corrected chi connectivity index (χ3v) is 6.25. The lowest BCUT2D eigenvalue weighted by Gasteiger charge is -2.32. The van der Waals surface area contributed by atoms with Crippen molar-refractivity contribution in [3.8, 4) is 0 Å². The van der Waals surface area contributed by atoms with Crippen LogP contribution in [0.1, 0.15) is 39.6 Å². The van der Waals surface area contributed by atoms with Gasteiger partial charge in [0.2, 0.25) is 0 Å². The first-order valence-electron chi connectivity index (χ1n) is 9.08. The smallest absolute Gasteiger partial charge is 0.261 e. The van der Waals surface area contributed by atoms with Gasteiger partial charge < -0.3 is 5.32 Å². The molecule has 0 aliphatic carbocycles. The first-order chi connectivity index (χ1) is 13.2. The second-order valence-corrected chi connectivity index (χ2v) is 7.77. The Morgan fingerprint density at radius 3 is 2.74 bits per heavy atom. The van der Waals surface area contributed by atoms with Crippen LogP contribution in [0, 0.1) is 5.82 Å². The number of halogens is 1. The zero-order valence-corrected chi connectivity index (χ0v) is 15.9. The van der Waals surface area contributed by atoms with Gasteiger partial charge in [0.1, 0.15) is 16.2 Å². The summed E-state index contributed by atoms with van der Waals surface area (Å²) in [5, 5.41) is 2.73. The predicted octanol–water partition coefficient (Wildman–Crippen LogP) is 3.57. The second kappa shape index (κ2) is 7.70. The molecule has 0 bridgehead atoms. The molecular formula is C20H21FN4OS. The average Bonchev–Trinajstić information content (AvgIpc) is 3.09. The molecule has 0 spiro atoms. The van der Waals surface area contributed by atoms with Crippen molar-refractivity contribution in [3.63, 3.8) is 0 Å². The van der Waals surface area contributed by atoms with E-state index in [9.17, 15) is 9.18 Å². The number of hydrogen-bond donors (Lipinski definition) is 1. The number of carbonyl (C=O) groups is 1. The van der Waals surface area contributed by atoms with E-state index in [4.69, 9.17) is 0 Å². The van der Waals surface area contributed by atoms with Gasteiger partial charge in [-0.05, 0) is 37.9 Å². The number of carbonyl (C=O) groups excluding carboxylic acids is 1. The average molecular weight is 384 g/mol. The molecule has 1 fully saturated rings. The molecular weight excluding hydrogens is 363 g/mol. The molecule has 1 saturated heterocycles. The number of amides is 1. The van der Waals surface area contributed by atoms with E-state index >= 15 is 0 Å². The van der Waals surface area contributed by atoms with Gasteiger partial charge in [0.25, 0.3) is 5.91 Å². The number of thiophene rings is 1. The molecule has 3 heterocycles.